The van der Waals surface area contributed by atoms with E-state index in [2.05, 4.69) is 5.32 Å². The lowest BCUT2D eigenvalue weighted by atomic mass is 9.71. The van der Waals surface area contributed by atoms with Crippen molar-refractivity contribution in [2.24, 2.45) is 5.41 Å². The van der Waals surface area contributed by atoms with Crippen LogP contribution in [0.25, 0.3) is 0 Å². The van der Waals surface area contributed by atoms with Gasteiger partial charge in [-0.1, -0.05) is 19.3 Å². The Balaban J connectivity index is 2.57. The van der Waals surface area contributed by atoms with Crippen LogP contribution in [0.2, 0.25) is 0 Å². The Morgan fingerprint density at radius 2 is 1.82 bits per heavy atom. The molecule has 0 atom stereocenters. The molecule has 0 spiro atoms. The maximum Gasteiger partial charge on any atom is 0.315 e. The maximum atomic E-state index is 12.0. The molecule has 4 nitrogen and oxygen atoms in total. The molecule has 1 rings (SSSR count). The van der Waals surface area contributed by atoms with Gasteiger partial charge in [0.1, 0.15) is 0 Å². The Bertz CT molecular complexity index is 288. The van der Waals surface area contributed by atoms with Gasteiger partial charge in [0, 0.05) is 6.54 Å². The molecular weight excluding hydrogens is 232 g/mol. The number of amides is 1. The molecule has 0 unspecified atom stereocenters. The van der Waals surface area contributed by atoms with Crippen molar-refractivity contribution in [2.45, 2.75) is 45.0 Å². The molecule has 0 aliphatic heterocycles. The standard InChI is InChI=1S/C11H17F2NO3/c12-9(13)10(17)14-7-11(6-8(15)16)4-2-1-3-5-11/h9H,1-7H2,(H,14,17)(H,15,16). The first-order valence-corrected chi connectivity index (χ1v) is 5.73. The van der Waals surface area contributed by atoms with Crippen LogP contribution < -0.4 is 5.32 Å². The third-order valence-corrected chi connectivity index (χ3v) is 3.28. The number of alkyl halides is 2. The molecule has 1 aliphatic rings. The molecule has 98 valence electrons. The van der Waals surface area contributed by atoms with E-state index in [0.717, 1.165) is 19.3 Å². The number of rotatable bonds is 5. The summed E-state index contributed by atoms with van der Waals surface area (Å²) in [7, 11) is 0. The molecule has 0 bridgehead atoms. The molecule has 0 heterocycles. The fourth-order valence-electron chi connectivity index (χ4n) is 2.39. The van der Waals surface area contributed by atoms with Crippen molar-refractivity contribution in [1.29, 1.82) is 0 Å². The van der Waals surface area contributed by atoms with Gasteiger partial charge in [-0.2, -0.15) is 8.78 Å². The van der Waals surface area contributed by atoms with E-state index in [1.165, 1.54) is 0 Å². The molecule has 6 heteroatoms. The van der Waals surface area contributed by atoms with E-state index in [4.69, 9.17) is 5.11 Å². The summed E-state index contributed by atoms with van der Waals surface area (Å²) in [5.74, 6) is -2.27. The summed E-state index contributed by atoms with van der Waals surface area (Å²) >= 11 is 0. The van der Waals surface area contributed by atoms with Crippen LogP contribution in [0.3, 0.4) is 0 Å². The molecule has 0 aromatic carbocycles. The van der Waals surface area contributed by atoms with Crippen LogP contribution in [0.4, 0.5) is 8.78 Å². The van der Waals surface area contributed by atoms with Crippen LogP contribution in [0.15, 0.2) is 0 Å². The maximum absolute atomic E-state index is 12.0. The number of halogens is 2. The number of carbonyl (C=O) groups is 2. The topological polar surface area (TPSA) is 66.4 Å². The molecule has 0 aromatic rings. The van der Waals surface area contributed by atoms with Gasteiger partial charge in [0.2, 0.25) is 0 Å². The van der Waals surface area contributed by atoms with E-state index >= 15 is 0 Å². The van der Waals surface area contributed by atoms with E-state index in [1.54, 1.807) is 0 Å². The summed E-state index contributed by atoms with van der Waals surface area (Å²) < 4.78 is 24.1. The molecule has 2 N–H and O–H groups in total. The molecular formula is C11H17F2NO3. The second-order valence-corrected chi connectivity index (χ2v) is 4.65. The zero-order valence-corrected chi connectivity index (χ0v) is 9.55. The second kappa shape index (κ2) is 5.93. The molecule has 17 heavy (non-hydrogen) atoms. The van der Waals surface area contributed by atoms with Crippen molar-refractivity contribution in [3.05, 3.63) is 0 Å². The van der Waals surface area contributed by atoms with Crippen LogP contribution in [-0.2, 0) is 9.59 Å². The first-order valence-electron chi connectivity index (χ1n) is 5.73. The lowest BCUT2D eigenvalue weighted by molar-refractivity contribution is -0.141. The Labute approximate surface area is 98.4 Å². The smallest absolute Gasteiger partial charge is 0.315 e. The molecule has 1 amide bonds. The van der Waals surface area contributed by atoms with Gasteiger partial charge in [0.05, 0.1) is 6.42 Å². The number of aliphatic carboxylic acids is 1. The Kier molecular flexibility index (Phi) is 4.84. The summed E-state index contributed by atoms with van der Waals surface area (Å²) in [6, 6.07) is 0. The zero-order valence-electron chi connectivity index (χ0n) is 9.55. The molecule has 0 saturated heterocycles. The number of hydrogen-bond donors (Lipinski definition) is 2. The summed E-state index contributed by atoms with van der Waals surface area (Å²) in [6.07, 6.45) is 1.03. The number of hydrogen-bond acceptors (Lipinski definition) is 2. The van der Waals surface area contributed by atoms with Crippen molar-refractivity contribution < 1.29 is 23.5 Å². The van der Waals surface area contributed by atoms with Gasteiger partial charge in [-0.3, -0.25) is 9.59 Å². The van der Waals surface area contributed by atoms with Crippen molar-refractivity contribution in [2.75, 3.05) is 6.54 Å². The first kappa shape index (κ1) is 13.9. The van der Waals surface area contributed by atoms with Crippen LogP contribution in [0.5, 0.6) is 0 Å². The van der Waals surface area contributed by atoms with Gasteiger partial charge in [-0.25, -0.2) is 0 Å². The number of carboxylic acids is 1. The Hall–Kier alpha value is -1.20. The highest BCUT2D eigenvalue weighted by Gasteiger charge is 2.35. The predicted octanol–water partition coefficient (Wildman–Crippen LogP) is 1.79. The monoisotopic (exact) mass is 249 g/mol. The van der Waals surface area contributed by atoms with Crippen LogP contribution >= 0.6 is 0 Å². The van der Waals surface area contributed by atoms with Gasteiger partial charge in [0.15, 0.2) is 0 Å². The molecule has 1 saturated carbocycles. The van der Waals surface area contributed by atoms with Gasteiger partial charge in [-0.05, 0) is 18.3 Å². The quantitative estimate of drug-likeness (QED) is 0.780. The predicted molar refractivity (Wildman–Crippen MR) is 56.8 cm³/mol. The third-order valence-electron chi connectivity index (χ3n) is 3.28. The SMILES string of the molecule is O=C(O)CC1(CNC(=O)C(F)F)CCCCC1. The van der Waals surface area contributed by atoms with Gasteiger partial charge in [0.25, 0.3) is 5.91 Å². The van der Waals surface area contributed by atoms with E-state index in [0.29, 0.717) is 12.8 Å². The minimum atomic E-state index is -3.04. The normalized spacial score (nSPS) is 19.0. The average Bonchev–Trinajstić information content (AvgIpc) is 2.26. The van der Waals surface area contributed by atoms with Crippen LogP contribution in [0.1, 0.15) is 38.5 Å². The fourth-order valence-corrected chi connectivity index (χ4v) is 2.39. The fraction of sp³-hybridized carbons (Fsp3) is 0.818. The van der Waals surface area contributed by atoms with Crippen molar-refractivity contribution in [3.63, 3.8) is 0 Å². The van der Waals surface area contributed by atoms with Crippen molar-refractivity contribution in [1.82, 2.24) is 5.32 Å². The van der Waals surface area contributed by atoms with Gasteiger partial charge < -0.3 is 10.4 Å². The summed E-state index contributed by atoms with van der Waals surface area (Å²) in [5, 5.41) is 11.0. The highest BCUT2D eigenvalue weighted by Crippen LogP contribution is 2.38. The highest BCUT2D eigenvalue weighted by molar-refractivity contribution is 5.79. The van der Waals surface area contributed by atoms with E-state index in [-0.39, 0.29) is 13.0 Å². The molecule has 1 aliphatic carbocycles. The third kappa shape index (κ3) is 4.28. The van der Waals surface area contributed by atoms with Crippen molar-refractivity contribution in [3.8, 4) is 0 Å². The molecule has 1 fully saturated rings. The van der Waals surface area contributed by atoms with Crippen molar-refractivity contribution >= 4 is 11.9 Å². The summed E-state index contributed by atoms with van der Waals surface area (Å²) in [4.78, 5) is 21.6. The van der Waals surface area contributed by atoms with Crippen LogP contribution in [0, 0.1) is 5.41 Å². The zero-order chi connectivity index (χ0) is 12.9. The first-order chi connectivity index (χ1) is 7.95. The largest absolute Gasteiger partial charge is 0.481 e. The number of carboxylic acid groups (broad SMARTS) is 1. The lowest BCUT2D eigenvalue weighted by Crippen LogP contribution is -2.42. The molecule has 0 aromatic heterocycles. The summed E-state index contributed by atoms with van der Waals surface area (Å²) in [6.45, 7) is 0.0302. The van der Waals surface area contributed by atoms with Crippen LogP contribution in [-0.4, -0.2) is 30.0 Å². The molecule has 0 radical (unpaired) electrons. The highest BCUT2D eigenvalue weighted by atomic mass is 19.3. The number of nitrogens with one attached hydrogen (secondary N) is 1. The minimum absolute atomic E-state index is 0.0302. The minimum Gasteiger partial charge on any atom is -0.481 e. The Morgan fingerprint density at radius 1 is 1.24 bits per heavy atom. The second-order valence-electron chi connectivity index (χ2n) is 4.65. The lowest BCUT2D eigenvalue weighted by Gasteiger charge is -2.36. The van der Waals surface area contributed by atoms with E-state index < -0.39 is 23.7 Å². The number of carbonyl (C=O) groups excluding carboxylic acids is 1. The van der Waals surface area contributed by atoms with Gasteiger partial charge >= 0.3 is 12.4 Å². The average molecular weight is 249 g/mol. The summed E-state index contributed by atoms with van der Waals surface area (Å²) in [5.41, 5.74) is -0.547. The Morgan fingerprint density at radius 3 is 2.29 bits per heavy atom. The van der Waals surface area contributed by atoms with Gasteiger partial charge in [-0.15, -0.1) is 0 Å². The van der Waals surface area contributed by atoms with E-state index in [9.17, 15) is 18.4 Å². The van der Waals surface area contributed by atoms with E-state index in [1.807, 2.05) is 0 Å².